The van der Waals surface area contributed by atoms with E-state index in [1.165, 1.54) is 0 Å². The van der Waals surface area contributed by atoms with Crippen LogP contribution in [-0.2, 0) is 0 Å². The molecule has 3 rings (SSSR count). The van der Waals surface area contributed by atoms with E-state index in [4.69, 9.17) is 16.2 Å². The van der Waals surface area contributed by atoms with Crippen LogP contribution in [0.2, 0.25) is 0 Å². The fourth-order valence-electron chi connectivity index (χ4n) is 3.14. The number of aromatic nitrogens is 3. The molecule has 1 aliphatic rings. The van der Waals surface area contributed by atoms with Gasteiger partial charge in [-0.25, -0.2) is 9.97 Å². The van der Waals surface area contributed by atoms with Crippen LogP contribution in [-0.4, -0.2) is 63.0 Å². The Hall–Kier alpha value is -2.58. The van der Waals surface area contributed by atoms with Crippen LogP contribution in [0.15, 0.2) is 24.7 Å². The first kappa shape index (κ1) is 18.2. The van der Waals surface area contributed by atoms with Crippen molar-refractivity contribution in [1.29, 1.82) is 5.41 Å². The summed E-state index contributed by atoms with van der Waals surface area (Å²) in [6.45, 7) is 4.56. The Bertz CT molecular complexity index is 772. The van der Waals surface area contributed by atoms with Crippen LogP contribution in [0, 0.1) is 5.41 Å². The molecule has 0 amide bonds. The summed E-state index contributed by atoms with van der Waals surface area (Å²) in [6, 6.07) is 2.17. The summed E-state index contributed by atoms with van der Waals surface area (Å²) in [6.07, 6.45) is 7.07. The summed E-state index contributed by atoms with van der Waals surface area (Å²) in [4.78, 5) is 15.4. The van der Waals surface area contributed by atoms with Crippen molar-refractivity contribution in [3.8, 4) is 11.3 Å². The van der Waals surface area contributed by atoms with Crippen molar-refractivity contribution in [1.82, 2.24) is 19.9 Å². The van der Waals surface area contributed by atoms with Gasteiger partial charge in [-0.3, -0.25) is 4.98 Å². The molecule has 0 spiro atoms. The van der Waals surface area contributed by atoms with Crippen LogP contribution < -0.4 is 11.1 Å². The Morgan fingerprint density at radius 2 is 2.12 bits per heavy atom. The Kier molecular flexibility index (Phi) is 5.75. The average Bonchev–Trinajstić information content (AvgIpc) is 2.64. The van der Waals surface area contributed by atoms with Gasteiger partial charge in [0.15, 0.2) is 0 Å². The number of hydrogen-bond donors (Lipinski definition) is 4. The van der Waals surface area contributed by atoms with Gasteiger partial charge < -0.3 is 26.5 Å². The number of nitrogen functional groups attached to an aromatic ring is 1. The highest BCUT2D eigenvalue weighted by atomic mass is 16.3. The molecule has 2 aromatic heterocycles. The molecule has 1 aliphatic heterocycles. The summed E-state index contributed by atoms with van der Waals surface area (Å²) < 4.78 is 0. The number of β-amino-alcohol motifs (C(OH)–C–C–N with tert-alkyl or cyclic N) is 1. The lowest BCUT2D eigenvalue weighted by Crippen LogP contribution is -2.40. The molecule has 138 valence electrons. The number of nitrogens with zero attached hydrogens (tertiary/aromatic N) is 4. The molecule has 8 nitrogen and oxygen atoms in total. The number of hydrogen-bond acceptors (Lipinski definition) is 8. The Balaban J connectivity index is 1.71. The van der Waals surface area contributed by atoms with Gasteiger partial charge in [-0.05, 0) is 25.8 Å². The zero-order valence-electron chi connectivity index (χ0n) is 14.9. The average molecular weight is 355 g/mol. The van der Waals surface area contributed by atoms with Gasteiger partial charge in [0, 0.05) is 48.7 Å². The maximum atomic E-state index is 9.03. The quantitative estimate of drug-likeness (QED) is 0.577. The molecule has 0 aliphatic carbocycles. The number of anilines is 2. The predicted octanol–water partition coefficient (Wildman–Crippen LogP) is 1.38. The van der Waals surface area contributed by atoms with Gasteiger partial charge in [-0.2, -0.15) is 0 Å². The zero-order valence-corrected chi connectivity index (χ0v) is 14.9. The highest BCUT2D eigenvalue weighted by molar-refractivity contribution is 6.01. The molecule has 1 saturated heterocycles. The lowest BCUT2D eigenvalue weighted by atomic mass is 10.1. The molecule has 26 heavy (non-hydrogen) atoms. The van der Waals surface area contributed by atoms with Gasteiger partial charge in [-0.1, -0.05) is 0 Å². The van der Waals surface area contributed by atoms with Gasteiger partial charge in [0.05, 0.1) is 24.7 Å². The van der Waals surface area contributed by atoms with Crippen molar-refractivity contribution < 1.29 is 5.11 Å². The first-order valence-corrected chi connectivity index (χ1v) is 8.80. The maximum absolute atomic E-state index is 9.03. The lowest BCUT2D eigenvalue weighted by Gasteiger charge is -2.32. The SMILES string of the molecule is CC(=N)c1cc(-c2cncc(NC3CCN(CCO)CC3)n2)cnc1N. The third kappa shape index (κ3) is 4.33. The number of likely N-dealkylation sites (tertiary alicyclic amines) is 1. The molecule has 2 aromatic rings. The van der Waals surface area contributed by atoms with Crippen LogP contribution in [0.1, 0.15) is 25.3 Å². The molecule has 0 bridgehead atoms. The second-order valence-electron chi connectivity index (χ2n) is 6.56. The van der Waals surface area contributed by atoms with Gasteiger partial charge in [0.1, 0.15) is 11.6 Å². The number of piperidine rings is 1. The fourth-order valence-corrected chi connectivity index (χ4v) is 3.14. The van der Waals surface area contributed by atoms with Gasteiger partial charge in [-0.15, -0.1) is 0 Å². The fraction of sp³-hybridized carbons (Fsp3) is 0.444. The maximum Gasteiger partial charge on any atom is 0.145 e. The van der Waals surface area contributed by atoms with E-state index in [0.29, 0.717) is 28.8 Å². The molecular weight excluding hydrogens is 330 g/mol. The molecule has 0 atom stereocenters. The molecular formula is C18H25N7O. The minimum Gasteiger partial charge on any atom is -0.395 e. The number of pyridine rings is 1. The highest BCUT2D eigenvalue weighted by Crippen LogP contribution is 2.22. The highest BCUT2D eigenvalue weighted by Gasteiger charge is 2.19. The number of nitrogens with one attached hydrogen (secondary N) is 2. The van der Waals surface area contributed by atoms with E-state index in [0.717, 1.165) is 43.9 Å². The largest absolute Gasteiger partial charge is 0.395 e. The summed E-state index contributed by atoms with van der Waals surface area (Å²) >= 11 is 0. The van der Waals surface area contributed by atoms with Crippen molar-refractivity contribution in [2.24, 2.45) is 0 Å². The Morgan fingerprint density at radius 3 is 2.81 bits per heavy atom. The number of rotatable bonds is 6. The standard InChI is InChI=1S/C18H25N7O/c1-12(19)15-8-13(9-22-18(15)20)16-10-21-11-17(24-16)23-14-2-4-25(5-3-14)6-7-26/h8-11,14,19,26H,2-7H2,1H3,(H2,20,22)(H,23,24). The van der Waals surface area contributed by atoms with E-state index in [2.05, 4.69) is 25.2 Å². The summed E-state index contributed by atoms with van der Waals surface area (Å²) in [5, 5.41) is 20.3. The molecule has 5 N–H and O–H groups in total. The van der Waals surface area contributed by atoms with Crippen LogP contribution in [0.5, 0.6) is 0 Å². The van der Waals surface area contributed by atoms with E-state index in [-0.39, 0.29) is 6.61 Å². The predicted molar refractivity (Wildman–Crippen MR) is 102 cm³/mol. The molecule has 0 aromatic carbocycles. The van der Waals surface area contributed by atoms with Gasteiger partial charge >= 0.3 is 0 Å². The van der Waals surface area contributed by atoms with E-state index < -0.39 is 0 Å². The van der Waals surface area contributed by atoms with E-state index in [1.54, 1.807) is 25.5 Å². The third-order valence-corrected chi connectivity index (χ3v) is 4.61. The minimum absolute atomic E-state index is 0.207. The Labute approximate surface area is 153 Å². The zero-order chi connectivity index (χ0) is 18.5. The van der Waals surface area contributed by atoms with Crippen LogP contribution in [0.4, 0.5) is 11.6 Å². The van der Waals surface area contributed by atoms with Gasteiger partial charge in [0.25, 0.3) is 0 Å². The van der Waals surface area contributed by atoms with E-state index in [9.17, 15) is 0 Å². The Morgan fingerprint density at radius 1 is 1.35 bits per heavy atom. The second-order valence-corrected chi connectivity index (χ2v) is 6.56. The number of nitrogens with two attached hydrogens (primary N) is 1. The van der Waals surface area contributed by atoms with Gasteiger partial charge in [0.2, 0.25) is 0 Å². The van der Waals surface area contributed by atoms with Crippen molar-refractivity contribution in [2.75, 3.05) is 37.3 Å². The summed E-state index contributed by atoms with van der Waals surface area (Å²) in [5.41, 5.74) is 8.30. The third-order valence-electron chi connectivity index (χ3n) is 4.61. The second kappa shape index (κ2) is 8.20. The molecule has 3 heterocycles. The minimum atomic E-state index is 0.207. The first-order valence-electron chi connectivity index (χ1n) is 8.80. The molecule has 8 heteroatoms. The monoisotopic (exact) mass is 355 g/mol. The van der Waals surface area contributed by atoms with E-state index >= 15 is 0 Å². The van der Waals surface area contributed by atoms with Crippen LogP contribution >= 0.6 is 0 Å². The number of aliphatic hydroxyl groups is 1. The van der Waals surface area contributed by atoms with Crippen LogP contribution in [0.25, 0.3) is 11.3 Å². The number of aliphatic hydroxyl groups excluding tert-OH is 1. The molecule has 0 unspecified atom stereocenters. The van der Waals surface area contributed by atoms with E-state index in [1.807, 2.05) is 6.07 Å². The lowest BCUT2D eigenvalue weighted by molar-refractivity contribution is 0.168. The summed E-state index contributed by atoms with van der Waals surface area (Å²) in [5.74, 6) is 1.08. The van der Waals surface area contributed by atoms with Crippen molar-refractivity contribution >= 4 is 17.3 Å². The topological polar surface area (TPSA) is 124 Å². The van der Waals surface area contributed by atoms with Crippen molar-refractivity contribution in [3.05, 3.63) is 30.2 Å². The van der Waals surface area contributed by atoms with Crippen molar-refractivity contribution in [2.45, 2.75) is 25.8 Å². The normalized spacial score (nSPS) is 15.8. The van der Waals surface area contributed by atoms with Crippen LogP contribution in [0.3, 0.4) is 0 Å². The molecule has 0 saturated carbocycles. The molecule has 0 radical (unpaired) electrons. The summed E-state index contributed by atoms with van der Waals surface area (Å²) in [7, 11) is 0. The van der Waals surface area contributed by atoms with Crippen molar-refractivity contribution in [3.63, 3.8) is 0 Å². The molecule has 1 fully saturated rings. The first-order chi connectivity index (χ1) is 12.6. The smallest absolute Gasteiger partial charge is 0.145 e.